The normalized spacial score (nSPS) is 12.1. The summed E-state index contributed by atoms with van der Waals surface area (Å²) in [6, 6.07) is 2.23. The van der Waals surface area contributed by atoms with E-state index in [1.54, 1.807) is 0 Å². The molecule has 0 aliphatic rings. The Morgan fingerprint density at radius 2 is 2.41 bits per heavy atom. The van der Waals surface area contributed by atoms with E-state index in [0.29, 0.717) is 0 Å². The fourth-order valence-electron chi connectivity index (χ4n) is 1.21. The van der Waals surface area contributed by atoms with Gasteiger partial charge < -0.3 is 20.2 Å². The molecule has 1 rings (SSSR count). The fraction of sp³-hybridized carbons (Fsp3) is 0.444. The average molecular weight is 262 g/mol. The molecule has 8 heteroatoms. The summed E-state index contributed by atoms with van der Waals surface area (Å²) >= 11 is 5.62. The van der Waals surface area contributed by atoms with Gasteiger partial charge in [0.25, 0.3) is 5.91 Å². The highest BCUT2D eigenvalue weighted by atomic mass is 35.5. The van der Waals surface area contributed by atoms with E-state index < -0.39 is 10.8 Å². The van der Waals surface area contributed by atoms with Crippen LogP contribution in [0.25, 0.3) is 0 Å². The molecule has 0 aliphatic carbocycles. The molecular formula is C9H12ClN3O4. The lowest BCUT2D eigenvalue weighted by Gasteiger charge is -2.13. The van der Waals surface area contributed by atoms with Gasteiger partial charge in [-0.3, -0.25) is 4.79 Å². The van der Waals surface area contributed by atoms with E-state index in [1.165, 1.54) is 19.2 Å². The molecule has 0 aromatic carbocycles. The molecule has 1 unspecified atom stereocenters. The first-order chi connectivity index (χ1) is 8.08. The molecule has 0 spiro atoms. The quantitative estimate of drug-likeness (QED) is 0.452. The van der Waals surface area contributed by atoms with Gasteiger partial charge in [-0.2, -0.15) is 0 Å². The number of hydrogen-bond donors (Lipinski definition) is 2. The summed E-state index contributed by atoms with van der Waals surface area (Å²) < 4.78 is 4.86. The van der Waals surface area contributed by atoms with Crippen molar-refractivity contribution in [2.75, 3.05) is 19.6 Å². The number of carbonyl (C=O) groups excluding carboxylic acids is 1. The third kappa shape index (κ3) is 3.72. The number of aromatic amines is 1. The van der Waals surface area contributed by atoms with E-state index in [0.717, 1.165) is 0 Å². The van der Waals surface area contributed by atoms with Crippen molar-refractivity contribution in [1.82, 2.24) is 10.3 Å². The van der Waals surface area contributed by atoms with Crippen LogP contribution in [0.3, 0.4) is 0 Å². The SMILES string of the molecule is COCC(CCl)NC(=O)c1ccc([N+](=O)[O-])[nH]1. The number of nitrogens with one attached hydrogen (secondary N) is 2. The van der Waals surface area contributed by atoms with Crippen LogP contribution in [-0.2, 0) is 4.74 Å². The van der Waals surface area contributed by atoms with E-state index in [4.69, 9.17) is 16.3 Å². The Bertz CT molecular complexity index is 407. The summed E-state index contributed by atoms with van der Waals surface area (Å²) in [5, 5.41) is 13.0. The van der Waals surface area contributed by atoms with Crippen LogP contribution in [0.15, 0.2) is 12.1 Å². The Morgan fingerprint density at radius 1 is 1.71 bits per heavy atom. The van der Waals surface area contributed by atoms with Crippen molar-refractivity contribution in [3.63, 3.8) is 0 Å². The smallest absolute Gasteiger partial charge is 0.321 e. The van der Waals surface area contributed by atoms with Crippen LogP contribution in [0.2, 0.25) is 0 Å². The number of hydrogen-bond acceptors (Lipinski definition) is 4. The van der Waals surface area contributed by atoms with Crippen molar-refractivity contribution in [1.29, 1.82) is 0 Å². The number of amides is 1. The van der Waals surface area contributed by atoms with Crippen LogP contribution in [-0.4, -0.2) is 41.5 Å². The molecule has 94 valence electrons. The number of alkyl halides is 1. The maximum Gasteiger partial charge on any atom is 0.321 e. The van der Waals surface area contributed by atoms with Crippen molar-refractivity contribution in [2.45, 2.75) is 6.04 Å². The Balaban J connectivity index is 2.65. The first kappa shape index (κ1) is 13.5. The minimum atomic E-state index is -0.606. The maximum absolute atomic E-state index is 11.6. The van der Waals surface area contributed by atoms with Crippen LogP contribution < -0.4 is 5.32 Å². The van der Waals surface area contributed by atoms with Gasteiger partial charge in [-0.15, -0.1) is 11.6 Å². The number of methoxy groups -OCH3 is 1. The Labute approximate surface area is 102 Å². The third-order valence-corrected chi connectivity index (χ3v) is 2.37. The van der Waals surface area contributed by atoms with E-state index >= 15 is 0 Å². The zero-order chi connectivity index (χ0) is 12.8. The number of ether oxygens (including phenoxy) is 1. The second kappa shape index (κ2) is 6.21. The molecule has 1 aromatic heterocycles. The summed E-state index contributed by atoms with van der Waals surface area (Å²) in [5.41, 5.74) is 0.114. The van der Waals surface area contributed by atoms with Gasteiger partial charge in [0.2, 0.25) is 0 Å². The second-order valence-corrected chi connectivity index (χ2v) is 3.60. The molecule has 17 heavy (non-hydrogen) atoms. The molecule has 7 nitrogen and oxygen atoms in total. The molecule has 1 heterocycles. The topological polar surface area (TPSA) is 97.3 Å². The molecule has 2 N–H and O–H groups in total. The lowest BCUT2D eigenvalue weighted by atomic mass is 10.3. The first-order valence-corrected chi connectivity index (χ1v) is 5.31. The highest BCUT2D eigenvalue weighted by Crippen LogP contribution is 2.09. The summed E-state index contributed by atoms with van der Waals surface area (Å²) in [6.45, 7) is 0.276. The monoisotopic (exact) mass is 261 g/mol. The predicted molar refractivity (Wildman–Crippen MR) is 61.3 cm³/mol. The third-order valence-electron chi connectivity index (χ3n) is 2.00. The van der Waals surface area contributed by atoms with Crippen molar-refractivity contribution in [3.05, 3.63) is 27.9 Å². The molecule has 0 aliphatic heterocycles. The Kier molecular flexibility index (Phi) is 4.92. The van der Waals surface area contributed by atoms with Crippen LogP contribution >= 0.6 is 11.6 Å². The van der Waals surface area contributed by atoms with Gasteiger partial charge in [-0.25, -0.2) is 4.98 Å². The van der Waals surface area contributed by atoms with Gasteiger partial charge in [-0.1, -0.05) is 0 Å². The lowest BCUT2D eigenvalue weighted by Crippen LogP contribution is -2.39. The van der Waals surface area contributed by atoms with E-state index in [-0.39, 0.29) is 30.0 Å². The lowest BCUT2D eigenvalue weighted by molar-refractivity contribution is -0.389. The summed E-state index contributed by atoms with van der Waals surface area (Å²) in [4.78, 5) is 23.8. The molecule has 0 bridgehead atoms. The number of nitrogens with zero attached hydrogens (tertiary/aromatic N) is 1. The fourth-order valence-corrected chi connectivity index (χ4v) is 1.38. The van der Waals surface area contributed by atoms with Crippen molar-refractivity contribution in [2.24, 2.45) is 0 Å². The summed E-state index contributed by atoms with van der Waals surface area (Å²) in [6.07, 6.45) is 0. The molecular weight excluding hydrogens is 250 g/mol. The second-order valence-electron chi connectivity index (χ2n) is 3.29. The largest absolute Gasteiger partial charge is 0.383 e. The predicted octanol–water partition coefficient (Wildman–Crippen LogP) is 0.906. The van der Waals surface area contributed by atoms with Crippen molar-refractivity contribution >= 4 is 23.3 Å². The summed E-state index contributed by atoms with van der Waals surface area (Å²) in [7, 11) is 1.49. The van der Waals surface area contributed by atoms with Gasteiger partial charge >= 0.3 is 5.82 Å². The van der Waals surface area contributed by atoms with Crippen LogP contribution in [0.4, 0.5) is 5.82 Å². The minimum absolute atomic E-state index is 0.114. The molecule has 1 aromatic rings. The van der Waals surface area contributed by atoms with E-state index in [1.807, 2.05) is 0 Å². The van der Waals surface area contributed by atoms with Crippen LogP contribution in [0, 0.1) is 10.1 Å². The molecule has 1 atom stereocenters. The van der Waals surface area contributed by atoms with Crippen LogP contribution in [0.5, 0.6) is 0 Å². The maximum atomic E-state index is 11.6. The number of H-pyrrole nitrogens is 1. The first-order valence-electron chi connectivity index (χ1n) is 4.77. The number of aromatic nitrogens is 1. The molecule has 1 amide bonds. The zero-order valence-corrected chi connectivity index (χ0v) is 9.86. The van der Waals surface area contributed by atoms with Gasteiger partial charge in [0, 0.05) is 19.1 Å². The molecule has 0 radical (unpaired) electrons. The zero-order valence-electron chi connectivity index (χ0n) is 9.10. The van der Waals surface area contributed by atoms with Crippen molar-refractivity contribution < 1.29 is 14.5 Å². The van der Waals surface area contributed by atoms with Crippen molar-refractivity contribution in [3.8, 4) is 0 Å². The highest BCUT2D eigenvalue weighted by Gasteiger charge is 2.18. The Morgan fingerprint density at radius 3 is 2.88 bits per heavy atom. The van der Waals surface area contributed by atoms with Gasteiger partial charge in [0.15, 0.2) is 5.69 Å². The van der Waals surface area contributed by atoms with Gasteiger partial charge in [0.1, 0.15) is 0 Å². The number of carbonyl (C=O) groups is 1. The minimum Gasteiger partial charge on any atom is -0.383 e. The highest BCUT2D eigenvalue weighted by molar-refractivity contribution is 6.18. The average Bonchev–Trinajstić information content (AvgIpc) is 2.77. The molecule has 0 saturated carbocycles. The van der Waals surface area contributed by atoms with Gasteiger partial charge in [0.05, 0.1) is 12.6 Å². The molecule has 0 fully saturated rings. The number of rotatable bonds is 6. The number of nitro groups is 1. The molecule has 0 saturated heterocycles. The van der Waals surface area contributed by atoms with E-state index in [2.05, 4.69) is 10.3 Å². The standard InChI is InChI=1S/C9H12ClN3O4/c1-17-5-6(4-10)11-9(14)7-2-3-8(12-7)13(15)16/h2-3,6,12H,4-5H2,1H3,(H,11,14). The number of halogens is 1. The van der Waals surface area contributed by atoms with Gasteiger partial charge in [-0.05, 0) is 11.0 Å². The van der Waals surface area contributed by atoms with Crippen LogP contribution in [0.1, 0.15) is 10.5 Å². The summed E-state index contributed by atoms with van der Waals surface area (Å²) in [5.74, 6) is -0.493. The van der Waals surface area contributed by atoms with E-state index in [9.17, 15) is 14.9 Å². The Hall–Kier alpha value is -1.60.